The summed E-state index contributed by atoms with van der Waals surface area (Å²) in [4.78, 5) is 8.70. The van der Waals surface area contributed by atoms with E-state index < -0.39 is 0 Å². The molecule has 2 aromatic heterocycles. The van der Waals surface area contributed by atoms with Gasteiger partial charge < -0.3 is 5.32 Å². The maximum absolute atomic E-state index is 5.86. The molecule has 102 valence electrons. The SMILES string of the molecule is Cc1nc(-c2ccc(NCc3ncc(Cl)s3)cc2)cs1. The molecule has 3 rings (SSSR count). The van der Waals surface area contributed by atoms with Gasteiger partial charge in [-0.15, -0.1) is 22.7 Å². The zero-order valence-corrected chi connectivity index (χ0v) is 13.1. The van der Waals surface area contributed by atoms with Crippen LogP contribution in [-0.2, 0) is 6.54 Å². The largest absolute Gasteiger partial charge is 0.379 e. The lowest BCUT2D eigenvalue weighted by atomic mass is 10.1. The van der Waals surface area contributed by atoms with Gasteiger partial charge in [-0.2, -0.15) is 0 Å². The molecule has 0 unspecified atom stereocenters. The Morgan fingerprint density at radius 2 is 2.05 bits per heavy atom. The number of aromatic nitrogens is 2. The third-order valence-corrected chi connectivity index (χ3v) is 4.66. The summed E-state index contributed by atoms with van der Waals surface area (Å²) in [5.74, 6) is 0. The van der Waals surface area contributed by atoms with Crippen LogP contribution in [0.25, 0.3) is 11.3 Å². The van der Waals surface area contributed by atoms with Crippen molar-refractivity contribution < 1.29 is 0 Å². The van der Waals surface area contributed by atoms with Crippen molar-refractivity contribution in [1.29, 1.82) is 0 Å². The van der Waals surface area contributed by atoms with E-state index in [4.69, 9.17) is 11.6 Å². The van der Waals surface area contributed by atoms with Gasteiger partial charge in [0.25, 0.3) is 0 Å². The highest BCUT2D eigenvalue weighted by atomic mass is 35.5. The van der Waals surface area contributed by atoms with E-state index in [-0.39, 0.29) is 0 Å². The number of nitrogens with one attached hydrogen (secondary N) is 1. The number of halogens is 1. The molecule has 0 amide bonds. The van der Waals surface area contributed by atoms with Crippen molar-refractivity contribution in [2.24, 2.45) is 0 Å². The van der Waals surface area contributed by atoms with Gasteiger partial charge in [-0.1, -0.05) is 23.7 Å². The quantitative estimate of drug-likeness (QED) is 0.747. The summed E-state index contributed by atoms with van der Waals surface area (Å²) in [6.45, 7) is 2.70. The average Bonchev–Trinajstić information content (AvgIpc) is 3.06. The van der Waals surface area contributed by atoms with Gasteiger partial charge in [-0.25, -0.2) is 9.97 Å². The normalized spacial score (nSPS) is 10.7. The summed E-state index contributed by atoms with van der Waals surface area (Å²) in [6, 6.07) is 8.26. The third-order valence-electron chi connectivity index (χ3n) is 2.77. The van der Waals surface area contributed by atoms with E-state index in [1.165, 1.54) is 11.3 Å². The molecule has 6 heteroatoms. The lowest BCUT2D eigenvalue weighted by Gasteiger charge is -2.05. The van der Waals surface area contributed by atoms with Crippen LogP contribution < -0.4 is 5.32 Å². The van der Waals surface area contributed by atoms with Gasteiger partial charge >= 0.3 is 0 Å². The first-order chi connectivity index (χ1) is 9.70. The Labute approximate surface area is 130 Å². The highest BCUT2D eigenvalue weighted by Gasteiger charge is 2.03. The first-order valence-corrected chi connectivity index (χ1v) is 8.15. The zero-order valence-electron chi connectivity index (χ0n) is 10.8. The standard InChI is InChI=1S/C14H12ClN3S2/c1-9-18-12(8-19-9)10-2-4-11(5-3-10)16-7-14-17-6-13(15)20-14/h2-6,8,16H,7H2,1H3. The van der Waals surface area contributed by atoms with Crippen molar-refractivity contribution >= 4 is 40.0 Å². The second kappa shape index (κ2) is 5.91. The monoisotopic (exact) mass is 321 g/mol. The van der Waals surface area contributed by atoms with E-state index in [9.17, 15) is 0 Å². The molecule has 0 saturated carbocycles. The van der Waals surface area contributed by atoms with E-state index in [1.807, 2.05) is 6.92 Å². The molecule has 0 saturated heterocycles. The Kier molecular flexibility index (Phi) is 4.00. The van der Waals surface area contributed by atoms with Crippen LogP contribution in [0.3, 0.4) is 0 Å². The molecule has 20 heavy (non-hydrogen) atoms. The molecule has 0 atom stereocenters. The molecular formula is C14H12ClN3S2. The molecule has 2 heterocycles. The number of benzene rings is 1. The highest BCUT2D eigenvalue weighted by Crippen LogP contribution is 2.24. The van der Waals surface area contributed by atoms with Crippen LogP contribution >= 0.6 is 34.3 Å². The highest BCUT2D eigenvalue weighted by molar-refractivity contribution is 7.15. The number of nitrogens with zero attached hydrogens (tertiary/aromatic N) is 2. The van der Waals surface area contributed by atoms with E-state index in [2.05, 4.69) is 44.9 Å². The number of hydrogen-bond donors (Lipinski definition) is 1. The summed E-state index contributed by atoms with van der Waals surface area (Å²) in [7, 11) is 0. The summed E-state index contributed by atoms with van der Waals surface area (Å²) in [6.07, 6.45) is 1.68. The Morgan fingerprint density at radius 1 is 1.25 bits per heavy atom. The van der Waals surface area contributed by atoms with E-state index in [0.29, 0.717) is 6.54 Å². The number of rotatable bonds is 4. The fourth-order valence-electron chi connectivity index (χ4n) is 1.80. The minimum absolute atomic E-state index is 0.687. The fourth-order valence-corrected chi connectivity index (χ4v) is 3.32. The lowest BCUT2D eigenvalue weighted by Crippen LogP contribution is -1.98. The van der Waals surface area contributed by atoms with Crippen molar-refractivity contribution in [3.8, 4) is 11.3 Å². The first kappa shape index (κ1) is 13.5. The predicted molar refractivity (Wildman–Crippen MR) is 86.7 cm³/mol. The number of thiazole rings is 2. The molecule has 0 fully saturated rings. The van der Waals surface area contributed by atoms with Gasteiger partial charge in [0.1, 0.15) is 9.34 Å². The third kappa shape index (κ3) is 3.17. The number of anilines is 1. The Bertz CT molecular complexity index is 703. The van der Waals surface area contributed by atoms with Crippen molar-refractivity contribution in [3.63, 3.8) is 0 Å². The van der Waals surface area contributed by atoms with Crippen LogP contribution in [0, 0.1) is 6.92 Å². The van der Waals surface area contributed by atoms with Crippen LogP contribution in [0.4, 0.5) is 5.69 Å². The zero-order chi connectivity index (χ0) is 13.9. The number of aryl methyl sites for hydroxylation is 1. The molecule has 0 aliphatic heterocycles. The van der Waals surface area contributed by atoms with Crippen LogP contribution in [0.2, 0.25) is 4.34 Å². The molecule has 0 spiro atoms. The van der Waals surface area contributed by atoms with E-state index >= 15 is 0 Å². The van der Waals surface area contributed by atoms with E-state index in [1.54, 1.807) is 17.5 Å². The summed E-state index contributed by atoms with van der Waals surface area (Å²) < 4.78 is 0.719. The van der Waals surface area contributed by atoms with Crippen LogP contribution in [0.1, 0.15) is 10.0 Å². The second-order valence-electron chi connectivity index (χ2n) is 4.24. The molecule has 0 aliphatic rings. The van der Waals surface area contributed by atoms with Gasteiger partial charge in [-0.3, -0.25) is 0 Å². The minimum Gasteiger partial charge on any atom is -0.379 e. The van der Waals surface area contributed by atoms with Crippen LogP contribution in [0.15, 0.2) is 35.8 Å². The predicted octanol–water partition coefficient (Wildman–Crippen LogP) is 4.84. The fraction of sp³-hybridized carbons (Fsp3) is 0.143. The summed E-state index contributed by atoms with van der Waals surface area (Å²) in [5, 5.41) is 7.48. The molecule has 0 aliphatic carbocycles. The first-order valence-electron chi connectivity index (χ1n) is 6.07. The molecule has 3 aromatic rings. The van der Waals surface area contributed by atoms with Gasteiger partial charge in [0, 0.05) is 16.6 Å². The van der Waals surface area contributed by atoms with Crippen molar-refractivity contribution in [2.75, 3.05) is 5.32 Å². The Balaban J connectivity index is 1.67. The molecule has 1 aromatic carbocycles. The Hall–Kier alpha value is -1.43. The topological polar surface area (TPSA) is 37.8 Å². The van der Waals surface area contributed by atoms with Gasteiger partial charge in [-0.05, 0) is 19.1 Å². The molecule has 0 bridgehead atoms. The minimum atomic E-state index is 0.687. The average molecular weight is 322 g/mol. The van der Waals surface area contributed by atoms with Crippen molar-refractivity contribution in [3.05, 3.63) is 50.2 Å². The van der Waals surface area contributed by atoms with Gasteiger partial charge in [0.15, 0.2) is 0 Å². The van der Waals surface area contributed by atoms with E-state index in [0.717, 1.165) is 31.3 Å². The molecule has 3 nitrogen and oxygen atoms in total. The summed E-state index contributed by atoms with van der Waals surface area (Å²) in [5.41, 5.74) is 3.23. The Morgan fingerprint density at radius 3 is 2.65 bits per heavy atom. The second-order valence-corrected chi connectivity index (χ2v) is 7.05. The smallest absolute Gasteiger partial charge is 0.113 e. The maximum atomic E-state index is 5.86. The van der Waals surface area contributed by atoms with Crippen LogP contribution in [-0.4, -0.2) is 9.97 Å². The summed E-state index contributed by atoms with van der Waals surface area (Å²) >= 11 is 9.02. The molecule has 1 N–H and O–H groups in total. The van der Waals surface area contributed by atoms with Gasteiger partial charge in [0.2, 0.25) is 0 Å². The van der Waals surface area contributed by atoms with Crippen molar-refractivity contribution in [2.45, 2.75) is 13.5 Å². The van der Waals surface area contributed by atoms with Gasteiger partial charge in [0.05, 0.1) is 23.4 Å². The lowest BCUT2D eigenvalue weighted by molar-refractivity contribution is 1.10. The van der Waals surface area contributed by atoms with Crippen molar-refractivity contribution in [1.82, 2.24) is 9.97 Å². The van der Waals surface area contributed by atoms with Crippen LogP contribution in [0.5, 0.6) is 0 Å². The molecule has 0 radical (unpaired) electrons. The maximum Gasteiger partial charge on any atom is 0.113 e. The molecular weight excluding hydrogens is 310 g/mol. The number of hydrogen-bond acceptors (Lipinski definition) is 5.